The van der Waals surface area contributed by atoms with Gasteiger partial charge in [-0.25, -0.2) is 4.68 Å². The van der Waals surface area contributed by atoms with Crippen molar-refractivity contribution in [2.45, 2.75) is 37.8 Å². The summed E-state index contributed by atoms with van der Waals surface area (Å²) in [5, 5.41) is 3.22. The van der Waals surface area contributed by atoms with E-state index in [-0.39, 0.29) is 22.2 Å². The number of amides is 1. The molecular formula is C12H13BrClN3O2. The van der Waals surface area contributed by atoms with Crippen molar-refractivity contribution in [1.29, 1.82) is 0 Å². The van der Waals surface area contributed by atoms with Gasteiger partial charge in [0.25, 0.3) is 11.5 Å². The van der Waals surface area contributed by atoms with Crippen LogP contribution in [0.15, 0.2) is 15.3 Å². The summed E-state index contributed by atoms with van der Waals surface area (Å²) < 4.78 is 1.62. The molecule has 19 heavy (non-hydrogen) atoms. The first-order valence-corrected chi connectivity index (χ1v) is 7.41. The molecule has 0 aromatic carbocycles. The van der Waals surface area contributed by atoms with Crippen LogP contribution >= 0.6 is 27.5 Å². The van der Waals surface area contributed by atoms with Crippen molar-refractivity contribution in [3.05, 3.63) is 31.6 Å². The predicted octanol–water partition coefficient (Wildman–Crippen LogP) is 2.21. The third-order valence-electron chi connectivity index (χ3n) is 3.71. The molecule has 3 rings (SSSR count). The number of halogens is 2. The van der Waals surface area contributed by atoms with Gasteiger partial charge in [-0.05, 0) is 47.7 Å². The molecule has 0 saturated heterocycles. The molecule has 1 aromatic heterocycles. The Bertz CT molecular complexity index is 608. The zero-order chi connectivity index (χ0) is 13.6. The van der Waals surface area contributed by atoms with Gasteiger partial charge in [-0.2, -0.15) is 0 Å². The van der Waals surface area contributed by atoms with Crippen molar-refractivity contribution < 1.29 is 4.79 Å². The summed E-state index contributed by atoms with van der Waals surface area (Å²) in [6.07, 6.45) is 4.84. The van der Waals surface area contributed by atoms with Crippen LogP contribution in [0, 0.1) is 0 Å². The topological polar surface area (TPSA) is 63.1 Å². The zero-order valence-electron chi connectivity index (χ0n) is 10.1. The second-order valence-corrected chi connectivity index (χ2v) is 6.30. The normalized spacial score (nSPS) is 20.6. The van der Waals surface area contributed by atoms with Crippen LogP contribution in [0.5, 0.6) is 0 Å². The fourth-order valence-electron chi connectivity index (χ4n) is 2.78. The van der Waals surface area contributed by atoms with Crippen LogP contribution in [0.4, 0.5) is 0 Å². The van der Waals surface area contributed by atoms with Gasteiger partial charge in [-0.3, -0.25) is 15.0 Å². The summed E-state index contributed by atoms with van der Waals surface area (Å²) in [6, 6.07) is 1.45. The highest BCUT2D eigenvalue weighted by molar-refractivity contribution is 9.10. The molecule has 0 bridgehead atoms. The van der Waals surface area contributed by atoms with E-state index >= 15 is 0 Å². The Hall–Kier alpha value is -1.01. The van der Waals surface area contributed by atoms with E-state index in [4.69, 9.17) is 11.6 Å². The zero-order valence-corrected chi connectivity index (χ0v) is 12.5. The van der Waals surface area contributed by atoms with Gasteiger partial charge in [0.05, 0.1) is 9.50 Å². The van der Waals surface area contributed by atoms with Gasteiger partial charge >= 0.3 is 0 Å². The summed E-state index contributed by atoms with van der Waals surface area (Å²) in [6.45, 7) is 0. The number of carbonyl (C=O) groups is 1. The highest BCUT2D eigenvalue weighted by atomic mass is 79.9. The lowest BCUT2D eigenvalue weighted by atomic mass is 9.88. The fraction of sp³-hybridized carbons (Fsp3) is 0.500. The fourth-order valence-corrected chi connectivity index (χ4v) is 3.60. The maximum absolute atomic E-state index is 12.2. The highest BCUT2D eigenvalue weighted by Crippen LogP contribution is 2.30. The third kappa shape index (κ3) is 2.07. The Morgan fingerprint density at radius 3 is 2.63 bits per heavy atom. The summed E-state index contributed by atoms with van der Waals surface area (Å²) >= 11 is 9.22. The summed E-state index contributed by atoms with van der Waals surface area (Å²) in [5.41, 5.74) is 2.51. The molecule has 1 aliphatic heterocycles. The van der Waals surface area contributed by atoms with Crippen LogP contribution in [0.25, 0.3) is 0 Å². The lowest BCUT2D eigenvalue weighted by Crippen LogP contribution is -2.64. The Labute approximate surface area is 123 Å². The van der Waals surface area contributed by atoms with E-state index in [1.165, 1.54) is 10.7 Å². The standard InChI is InChI=1S/C12H13BrClN3O2/c13-7-6-8(14)9-10(18)15-12(4-2-1-3-5-12)16-17(9)11(7)19/h6,16H,1-5H2,(H,15,18). The number of fused-ring (bicyclic) bond motifs is 1. The molecule has 102 valence electrons. The minimum absolute atomic E-state index is 0.172. The molecule has 0 atom stereocenters. The molecule has 1 amide bonds. The molecule has 5 nitrogen and oxygen atoms in total. The Morgan fingerprint density at radius 2 is 1.95 bits per heavy atom. The lowest BCUT2D eigenvalue weighted by molar-refractivity contribution is 0.0834. The molecule has 0 radical (unpaired) electrons. The third-order valence-corrected chi connectivity index (χ3v) is 4.57. The minimum Gasteiger partial charge on any atom is -0.327 e. The smallest absolute Gasteiger partial charge is 0.284 e. The quantitative estimate of drug-likeness (QED) is 0.757. The number of hydrogen-bond acceptors (Lipinski definition) is 3. The van der Waals surface area contributed by atoms with Gasteiger partial charge < -0.3 is 5.32 Å². The Morgan fingerprint density at radius 1 is 1.26 bits per heavy atom. The van der Waals surface area contributed by atoms with E-state index in [2.05, 4.69) is 26.7 Å². The number of carbonyl (C=O) groups excluding carboxylic acids is 1. The van der Waals surface area contributed by atoms with Crippen LogP contribution in [0.3, 0.4) is 0 Å². The maximum atomic E-state index is 12.2. The van der Waals surface area contributed by atoms with Crippen LogP contribution in [-0.2, 0) is 0 Å². The second kappa shape index (κ2) is 4.52. The van der Waals surface area contributed by atoms with E-state index in [1.54, 1.807) is 0 Å². The molecule has 1 aliphatic carbocycles. The second-order valence-electron chi connectivity index (χ2n) is 5.04. The lowest BCUT2D eigenvalue weighted by Gasteiger charge is -2.43. The van der Waals surface area contributed by atoms with Gasteiger partial charge in [0.1, 0.15) is 11.4 Å². The van der Waals surface area contributed by atoms with E-state index in [0.29, 0.717) is 4.47 Å². The molecule has 1 aromatic rings. The van der Waals surface area contributed by atoms with Crippen molar-refractivity contribution in [3.8, 4) is 0 Å². The van der Waals surface area contributed by atoms with Crippen molar-refractivity contribution in [2.24, 2.45) is 0 Å². The molecule has 1 fully saturated rings. The van der Waals surface area contributed by atoms with E-state index in [9.17, 15) is 9.59 Å². The average molecular weight is 347 g/mol. The largest absolute Gasteiger partial charge is 0.327 e. The van der Waals surface area contributed by atoms with Crippen LogP contribution in [0.2, 0.25) is 5.02 Å². The SMILES string of the molecule is O=C1NC2(CCCCC2)Nn2c1c(Cl)cc(Br)c2=O. The molecule has 2 N–H and O–H groups in total. The van der Waals surface area contributed by atoms with Crippen LogP contribution in [-0.4, -0.2) is 16.2 Å². The Kier molecular flexibility index (Phi) is 3.09. The molecule has 0 unspecified atom stereocenters. The molecule has 2 heterocycles. The predicted molar refractivity (Wildman–Crippen MR) is 76.1 cm³/mol. The number of hydrogen-bond donors (Lipinski definition) is 2. The molecule has 1 spiro atoms. The minimum atomic E-state index is -0.518. The molecule has 1 saturated carbocycles. The van der Waals surface area contributed by atoms with Gasteiger partial charge in [-0.1, -0.05) is 18.0 Å². The van der Waals surface area contributed by atoms with E-state index in [0.717, 1.165) is 32.1 Å². The number of pyridine rings is 1. The number of nitrogens with one attached hydrogen (secondary N) is 2. The first-order valence-electron chi connectivity index (χ1n) is 6.24. The van der Waals surface area contributed by atoms with Crippen LogP contribution in [0.1, 0.15) is 42.6 Å². The van der Waals surface area contributed by atoms with E-state index in [1.807, 2.05) is 0 Å². The van der Waals surface area contributed by atoms with Crippen molar-refractivity contribution in [2.75, 3.05) is 5.43 Å². The van der Waals surface area contributed by atoms with Crippen molar-refractivity contribution in [1.82, 2.24) is 9.99 Å². The van der Waals surface area contributed by atoms with Crippen LogP contribution < -0.4 is 16.3 Å². The number of aromatic nitrogens is 1. The van der Waals surface area contributed by atoms with Crippen molar-refractivity contribution >= 4 is 33.4 Å². The first kappa shape index (κ1) is 13.0. The molecular weight excluding hydrogens is 334 g/mol. The van der Waals surface area contributed by atoms with E-state index < -0.39 is 5.66 Å². The van der Waals surface area contributed by atoms with Gasteiger partial charge in [-0.15, -0.1) is 0 Å². The summed E-state index contributed by atoms with van der Waals surface area (Å²) in [5.74, 6) is -0.296. The molecule has 2 aliphatic rings. The number of nitrogens with zero attached hydrogens (tertiary/aromatic N) is 1. The average Bonchev–Trinajstić information content (AvgIpc) is 2.36. The van der Waals surface area contributed by atoms with Crippen molar-refractivity contribution in [3.63, 3.8) is 0 Å². The summed E-state index contributed by atoms with van der Waals surface area (Å²) in [4.78, 5) is 24.4. The summed E-state index contributed by atoms with van der Waals surface area (Å²) in [7, 11) is 0. The number of rotatable bonds is 0. The van der Waals surface area contributed by atoms with Gasteiger partial charge in [0, 0.05) is 0 Å². The first-order chi connectivity index (χ1) is 9.02. The maximum Gasteiger partial charge on any atom is 0.284 e. The van der Waals surface area contributed by atoms with Gasteiger partial charge in [0.15, 0.2) is 0 Å². The Balaban J connectivity index is 2.13. The molecule has 7 heteroatoms. The highest BCUT2D eigenvalue weighted by Gasteiger charge is 2.40. The van der Waals surface area contributed by atoms with Gasteiger partial charge in [0.2, 0.25) is 0 Å². The monoisotopic (exact) mass is 345 g/mol.